The van der Waals surface area contributed by atoms with Crippen molar-refractivity contribution in [2.75, 3.05) is 20.8 Å². The highest BCUT2D eigenvalue weighted by Gasteiger charge is 2.34. The SMILES string of the molecule is COc1ccc(C2CC(c3cccc4ccccc34)=NN2C(=O)COc2ccc(C=O)cc2OC)cc1. The van der Waals surface area contributed by atoms with E-state index in [1.807, 2.05) is 48.5 Å². The molecule has 37 heavy (non-hydrogen) atoms. The highest BCUT2D eigenvalue weighted by Crippen LogP contribution is 2.35. The minimum Gasteiger partial charge on any atom is -0.497 e. The number of ether oxygens (including phenoxy) is 3. The maximum Gasteiger partial charge on any atom is 0.281 e. The molecular weight excluding hydrogens is 468 g/mol. The maximum absolute atomic E-state index is 13.5. The number of hydrogen-bond donors (Lipinski definition) is 0. The Morgan fingerprint density at radius 1 is 0.946 bits per heavy atom. The normalized spacial score (nSPS) is 14.8. The lowest BCUT2D eigenvalue weighted by molar-refractivity contribution is -0.135. The molecule has 4 aromatic rings. The molecule has 0 spiro atoms. The van der Waals surface area contributed by atoms with Crippen LogP contribution < -0.4 is 14.2 Å². The first-order valence-electron chi connectivity index (χ1n) is 11.9. The monoisotopic (exact) mass is 494 g/mol. The smallest absolute Gasteiger partial charge is 0.281 e. The third-order valence-electron chi connectivity index (χ3n) is 6.44. The zero-order valence-electron chi connectivity index (χ0n) is 20.6. The van der Waals surface area contributed by atoms with Gasteiger partial charge >= 0.3 is 0 Å². The van der Waals surface area contributed by atoms with Crippen molar-refractivity contribution in [3.05, 3.63) is 102 Å². The zero-order valence-corrected chi connectivity index (χ0v) is 20.6. The molecule has 0 bridgehead atoms. The molecule has 0 N–H and O–H groups in total. The van der Waals surface area contributed by atoms with Gasteiger partial charge in [0.05, 0.1) is 26.0 Å². The summed E-state index contributed by atoms with van der Waals surface area (Å²) in [7, 11) is 3.11. The fourth-order valence-electron chi connectivity index (χ4n) is 4.55. The number of rotatable bonds is 8. The summed E-state index contributed by atoms with van der Waals surface area (Å²) in [6, 6.07) is 26.4. The summed E-state index contributed by atoms with van der Waals surface area (Å²) in [4.78, 5) is 24.5. The van der Waals surface area contributed by atoms with Crippen LogP contribution in [-0.4, -0.2) is 43.7 Å². The molecule has 0 fully saturated rings. The molecule has 0 radical (unpaired) electrons. The molecule has 1 aliphatic rings. The van der Waals surface area contributed by atoms with E-state index >= 15 is 0 Å². The molecule has 7 nitrogen and oxygen atoms in total. The lowest BCUT2D eigenvalue weighted by atomic mass is 9.95. The van der Waals surface area contributed by atoms with Gasteiger partial charge in [0.2, 0.25) is 0 Å². The average Bonchev–Trinajstić information content (AvgIpc) is 3.41. The number of carbonyl (C=O) groups is 2. The minimum atomic E-state index is -0.296. The van der Waals surface area contributed by atoms with Crippen LogP contribution in [0.3, 0.4) is 0 Å². The quantitative estimate of drug-likeness (QED) is 0.306. The molecular formula is C30H26N2O5. The summed E-state index contributed by atoms with van der Waals surface area (Å²) < 4.78 is 16.4. The van der Waals surface area contributed by atoms with Crippen molar-refractivity contribution in [2.24, 2.45) is 5.10 Å². The second-order valence-electron chi connectivity index (χ2n) is 8.62. The van der Waals surface area contributed by atoms with Gasteiger partial charge < -0.3 is 14.2 Å². The molecule has 5 rings (SSSR count). The third kappa shape index (κ3) is 4.89. The van der Waals surface area contributed by atoms with E-state index in [-0.39, 0.29) is 18.6 Å². The molecule has 186 valence electrons. The molecule has 1 unspecified atom stereocenters. The first-order chi connectivity index (χ1) is 18.1. The van der Waals surface area contributed by atoms with Crippen LogP contribution in [-0.2, 0) is 4.79 Å². The first-order valence-corrected chi connectivity index (χ1v) is 11.9. The Kier molecular flexibility index (Phi) is 6.85. The van der Waals surface area contributed by atoms with E-state index in [0.29, 0.717) is 23.5 Å². The summed E-state index contributed by atoms with van der Waals surface area (Å²) in [5, 5.41) is 8.51. The van der Waals surface area contributed by atoms with Crippen molar-refractivity contribution >= 4 is 28.7 Å². The summed E-state index contributed by atoms with van der Waals surface area (Å²) >= 11 is 0. The third-order valence-corrected chi connectivity index (χ3v) is 6.44. The molecule has 0 aromatic heterocycles. The average molecular weight is 495 g/mol. The van der Waals surface area contributed by atoms with E-state index in [4.69, 9.17) is 19.3 Å². The van der Waals surface area contributed by atoms with Crippen LogP contribution in [0.5, 0.6) is 17.2 Å². The van der Waals surface area contributed by atoms with Gasteiger partial charge in [-0.3, -0.25) is 9.59 Å². The first kappa shape index (κ1) is 24.1. The maximum atomic E-state index is 13.5. The topological polar surface area (TPSA) is 77.4 Å². The molecule has 0 aliphatic carbocycles. The number of fused-ring (bicyclic) bond motifs is 1. The Hall–Kier alpha value is -4.65. The van der Waals surface area contributed by atoms with Crippen molar-refractivity contribution in [3.8, 4) is 17.2 Å². The van der Waals surface area contributed by atoms with Gasteiger partial charge in [0.1, 0.15) is 12.0 Å². The van der Waals surface area contributed by atoms with Gasteiger partial charge in [-0.15, -0.1) is 0 Å². The second kappa shape index (κ2) is 10.5. The Morgan fingerprint density at radius 3 is 2.49 bits per heavy atom. The van der Waals surface area contributed by atoms with Crippen molar-refractivity contribution in [1.82, 2.24) is 5.01 Å². The van der Waals surface area contributed by atoms with E-state index in [1.54, 1.807) is 25.3 Å². The molecule has 4 aromatic carbocycles. The fraction of sp³-hybridized carbons (Fsp3) is 0.167. The summed E-state index contributed by atoms with van der Waals surface area (Å²) in [6.45, 7) is -0.240. The Bertz CT molecular complexity index is 1470. The highest BCUT2D eigenvalue weighted by molar-refractivity contribution is 6.12. The Morgan fingerprint density at radius 2 is 1.73 bits per heavy atom. The largest absolute Gasteiger partial charge is 0.497 e. The molecule has 1 aliphatic heterocycles. The molecule has 1 heterocycles. The van der Waals surface area contributed by atoms with Crippen molar-refractivity contribution in [2.45, 2.75) is 12.5 Å². The number of hydrogen-bond acceptors (Lipinski definition) is 6. The Labute approximate surface area is 214 Å². The van der Waals surface area contributed by atoms with Crippen molar-refractivity contribution < 1.29 is 23.8 Å². The number of carbonyl (C=O) groups excluding carboxylic acids is 2. The van der Waals surface area contributed by atoms with Crippen molar-refractivity contribution in [1.29, 1.82) is 0 Å². The number of aldehydes is 1. The van der Waals surface area contributed by atoms with Gasteiger partial charge in [-0.25, -0.2) is 5.01 Å². The van der Waals surface area contributed by atoms with Crippen LogP contribution in [0, 0.1) is 0 Å². The summed E-state index contributed by atoms with van der Waals surface area (Å²) in [5.41, 5.74) is 3.23. The van der Waals surface area contributed by atoms with Crippen LogP contribution in [0.4, 0.5) is 0 Å². The molecule has 0 saturated heterocycles. The lowest BCUT2D eigenvalue weighted by Gasteiger charge is -2.22. The highest BCUT2D eigenvalue weighted by atomic mass is 16.5. The van der Waals surface area contributed by atoms with Gasteiger partial charge in [-0.05, 0) is 46.7 Å². The number of benzene rings is 4. The molecule has 0 saturated carbocycles. The summed E-state index contributed by atoms with van der Waals surface area (Å²) in [5.74, 6) is 1.20. The second-order valence-corrected chi connectivity index (χ2v) is 8.62. The number of methoxy groups -OCH3 is 2. The predicted octanol–water partition coefficient (Wildman–Crippen LogP) is 5.43. The van der Waals surface area contributed by atoms with E-state index < -0.39 is 0 Å². The lowest BCUT2D eigenvalue weighted by Crippen LogP contribution is -2.31. The number of amides is 1. The summed E-state index contributed by atoms with van der Waals surface area (Å²) in [6.07, 6.45) is 1.29. The van der Waals surface area contributed by atoms with Gasteiger partial charge in [0, 0.05) is 17.5 Å². The molecule has 1 amide bonds. The van der Waals surface area contributed by atoms with E-state index in [1.165, 1.54) is 12.1 Å². The van der Waals surface area contributed by atoms with Crippen LogP contribution in [0.15, 0.2) is 90.0 Å². The van der Waals surface area contributed by atoms with Crippen LogP contribution in [0.25, 0.3) is 10.8 Å². The predicted molar refractivity (Wildman–Crippen MR) is 142 cm³/mol. The van der Waals surface area contributed by atoms with Crippen LogP contribution in [0.2, 0.25) is 0 Å². The van der Waals surface area contributed by atoms with Crippen LogP contribution >= 0.6 is 0 Å². The van der Waals surface area contributed by atoms with E-state index in [9.17, 15) is 9.59 Å². The van der Waals surface area contributed by atoms with Gasteiger partial charge in [-0.2, -0.15) is 5.10 Å². The molecule has 7 heteroatoms. The molecule has 1 atom stereocenters. The Balaban J connectivity index is 1.46. The van der Waals surface area contributed by atoms with Crippen molar-refractivity contribution in [3.63, 3.8) is 0 Å². The van der Waals surface area contributed by atoms with Gasteiger partial charge in [-0.1, -0.05) is 54.6 Å². The number of nitrogens with zero attached hydrogens (tertiary/aromatic N) is 2. The number of hydrazone groups is 1. The van der Waals surface area contributed by atoms with E-state index in [2.05, 4.69) is 18.2 Å². The fourth-order valence-corrected chi connectivity index (χ4v) is 4.55. The van der Waals surface area contributed by atoms with Crippen LogP contribution in [0.1, 0.15) is 33.9 Å². The minimum absolute atomic E-state index is 0.240. The van der Waals surface area contributed by atoms with Gasteiger partial charge in [0.15, 0.2) is 18.1 Å². The van der Waals surface area contributed by atoms with Gasteiger partial charge in [0.25, 0.3) is 5.91 Å². The zero-order chi connectivity index (χ0) is 25.8. The standard InChI is InChI=1S/C30H26N2O5/c1-35-23-13-11-22(12-14-23)27-17-26(25-9-5-7-21-6-3-4-8-24(21)25)31-32(27)30(34)19-37-28-15-10-20(18-33)16-29(28)36-2/h3-16,18,27H,17,19H2,1-2H3. The van der Waals surface area contributed by atoms with E-state index in [0.717, 1.165) is 39.6 Å².